The Labute approximate surface area is 219 Å². The largest absolute Gasteiger partial charge is 0.755 e. The molecule has 200 valence electrons. The molecule has 0 spiro atoms. The van der Waals surface area contributed by atoms with Crippen LogP contribution in [0.2, 0.25) is 0 Å². The minimum atomic E-state index is -2.72. The highest BCUT2D eigenvalue weighted by atomic mass is 32.2. The second-order valence-electron chi connectivity index (χ2n) is 8.99. The van der Waals surface area contributed by atoms with Crippen LogP contribution in [0.1, 0.15) is 12.8 Å². The molecule has 0 aliphatic carbocycles. The Bertz CT molecular complexity index is 1080. The molecule has 10 nitrogen and oxygen atoms in total. The second kappa shape index (κ2) is 12.4. The van der Waals surface area contributed by atoms with Gasteiger partial charge in [-0.15, -0.1) is 0 Å². The molecule has 4 rings (SSSR count). The van der Waals surface area contributed by atoms with Crippen LogP contribution in [-0.2, 0) is 25.5 Å². The van der Waals surface area contributed by atoms with Gasteiger partial charge in [0.15, 0.2) is 0 Å². The van der Waals surface area contributed by atoms with Gasteiger partial charge in [0.05, 0.1) is 27.4 Å². The van der Waals surface area contributed by atoms with Gasteiger partial charge in [0.2, 0.25) is 0 Å². The normalized spacial score (nSPS) is 18.1. The molecule has 0 N–H and O–H groups in total. The van der Waals surface area contributed by atoms with E-state index in [1.807, 2.05) is 36.4 Å². The lowest BCUT2D eigenvalue weighted by molar-refractivity contribution is -0.143. The highest BCUT2D eigenvalue weighted by Gasteiger charge is 2.39. The number of hydrogen-bond donors (Lipinski definition) is 0. The summed E-state index contributed by atoms with van der Waals surface area (Å²) in [5.41, 5.74) is 2.21. The quantitative estimate of drug-likeness (QED) is 0.400. The van der Waals surface area contributed by atoms with Crippen LogP contribution in [0, 0.1) is 5.92 Å². The first-order chi connectivity index (χ1) is 17.9. The van der Waals surface area contributed by atoms with Crippen LogP contribution in [-0.4, -0.2) is 90.2 Å². The number of benzene rings is 2. The van der Waals surface area contributed by atoms with E-state index in [0.717, 1.165) is 21.2 Å². The van der Waals surface area contributed by atoms with Gasteiger partial charge in [0, 0.05) is 43.1 Å². The number of anilines is 1. The summed E-state index contributed by atoms with van der Waals surface area (Å²) >= 11 is -2.72. The predicted molar refractivity (Wildman–Crippen MR) is 138 cm³/mol. The number of methoxy groups -OCH3 is 2. The highest BCUT2D eigenvalue weighted by Crippen LogP contribution is 2.32. The van der Waals surface area contributed by atoms with E-state index in [0.29, 0.717) is 57.9 Å². The zero-order valence-electron chi connectivity index (χ0n) is 21.0. The molecule has 2 aromatic rings. The molecule has 2 atom stereocenters. The molecule has 2 unspecified atom stereocenters. The maximum atomic E-state index is 12.9. The Hall–Kier alpha value is -3.15. The summed E-state index contributed by atoms with van der Waals surface area (Å²) in [5, 5.41) is 0. The summed E-state index contributed by atoms with van der Waals surface area (Å²) in [6, 6.07) is 13.5. The average molecular weight is 531 g/mol. The summed E-state index contributed by atoms with van der Waals surface area (Å²) in [7, 11) is 2.86. The molecule has 2 fully saturated rings. The SMILES string of the molecule is COC(=O)C(C1CCN(C(=O)N2CCOCC2)CC1)N(c1ccc(-c2ccc(OC)cc2)cc1)S(=O)[O-]. The monoisotopic (exact) mass is 530 g/mol. The van der Waals surface area contributed by atoms with Crippen molar-refractivity contribution in [1.82, 2.24) is 9.80 Å². The fourth-order valence-electron chi connectivity index (χ4n) is 4.89. The first-order valence-corrected chi connectivity index (χ1v) is 13.3. The summed E-state index contributed by atoms with van der Waals surface area (Å²) in [6.07, 6.45) is 0.959. The Morgan fingerprint density at radius 1 is 0.946 bits per heavy atom. The lowest BCUT2D eigenvalue weighted by Crippen LogP contribution is -2.54. The van der Waals surface area contributed by atoms with E-state index in [9.17, 15) is 18.4 Å². The number of piperidine rings is 1. The molecule has 37 heavy (non-hydrogen) atoms. The van der Waals surface area contributed by atoms with E-state index in [1.165, 1.54) is 7.11 Å². The number of rotatable bonds is 7. The topological polar surface area (TPSA) is 112 Å². The van der Waals surface area contributed by atoms with Gasteiger partial charge in [-0.1, -0.05) is 24.3 Å². The van der Waals surface area contributed by atoms with Crippen molar-refractivity contribution in [3.8, 4) is 16.9 Å². The fraction of sp³-hybridized carbons (Fsp3) is 0.462. The Balaban J connectivity index is 1.50. The molecule has 2 saturated heterocycles. The lowest BCUT2D eigenvalue weighted by Gasteiger charge is -2.42. The third kappa shape index (κ3) is 6.23. The fourth-order valence-corrected chi connectivity index (χ4v) is 5.62. The van der Waals surface area contributed by atoms with Gasteiger partial charge < -0.3 is 28.6 Å². The van der Waals surface area contributed by atoms with E-state index < -0.39 is 23.3 Å². The van der Waals surface area contributed by atoms with Gasteiger partial charge >= 0.3 is 12.0 Å². The summed E-state index contributed by atoms with van der Waals surface area (Å²) < 4.78 is 41.5. The minimum absolute atomic E-state index is 0.0465. The molecule has 0 bridgehead atoms. The number of morpholine rings is 1. The summed E-state index contributed by atoms with van der Waals surface area (Å²) in [4.78, 5) is 29.3. The van der Waals surface area contributed by atoms with E-state index >= 15 is 0 Å². The molecule has 0 radical (unpaired) electrons. The van der Waals surface area contributed by atoms with Gasteiger partial charge in [0.1, 0.15) is 11.8 Å². The smallest absolute Gasteiger partial charge is 0.329 e. The van der Waals surface area contributed by atoms with Gasteiger partial charge in [-0.3, -0.25) is 8.51 Å². The number of urea groups is 1. The Morgan fingerprint density at radius 3 is 2.00 bits per heavy atom. The lowest BCUT2D eigenvalue weighted by atomic mass is 9.89. The van der Waals surface area contributed by atoms with Gasteiger partial charge in [-0.05, 0) is 54.2 Å². The standard InChI is InChI=1S/C26H33N3O7S/c1-34-23-9-5-20(6-10-23)19-3-7-22(8-4-19)29(37(32)33)24(25(30)35-2)21-11-13-27(14-12-21)26(31)28-15-17-36-18-16-28/h3-10,21,24H,11-18H2,1-2H3,(H,32,33)/p-1. The van der Waals surface area contributed by atoms with Crippen molar-refractivity contribution in [3.05, 3.63) is 48.5 Å². The van der Waals surface area contributed by atoms with Gasteiger partial charge in [-0.2, -0.15) is 0 Å². The van der Waals surface area contributed by atoms with Crippen molar-refractivity contribution in [3.63, 3.8) is 0 Å². The van der Waals surface area contributed by atoms with E-state index in [1.54, 1.807) is 29.0 Å². The number of carbonyl (C=O) groups excluding carboxylic acids is 2. The van der Waals surface area contributed by atoms with Crippen LogP contribution in [0.25, 0.3) is 11.1 Å². The van der Waals surface area contributed by atoms with Crippen LogP contribution in [0.4, 0.5) is 10.5 Å². The molecule has 2 aliphatic heterocycles. The highest BCUT2D eigenvalue weighted by molar-refractivity contribution is 7.80. The molecule has 2 amide bonds. The molecular formula is C26H32N3O7S-. The number of hydrogen-bond acceptors (Lipinski definition) is 7. The number of likely N-dealkylation sites (tertiary alicyclic amines) is 1. The molecule has 2 aromatic carbocycles. The molecular weight excluding hydrogens is 498 g/mol. The van der Waals surface area contributed by atoms with Crippen molar-refractivity contribution in [1.29, 1.82) is 0 Å². The van der Waals surface area contributed by atoms with Crippen molar-refractivity contribution in [2.75, 3.05) is 57.9 Å². The Kier molecular flexibility index (Phi) is 9.01. The molecule has 2 heterocycles. The number of nitrogens with zero attached hydrogens (tertiary/aromatic N) is 3. The molecule has 0 aromatic heterocycles. The van der Waals surface area contributed by atoms with E-state index in [-0.39, 0.29) is 11.9 Å². The molecule has 0 saturated carbocycles. The first kappa shape index (κ1) is 26.9. The van der Waals surface area contributed by atoms with Crippen LogP contribution < -0.4 is 9.04 Å². The first-order valence-electron chi connectivity index (χ1n) is 12.3. The van der Waals surface area contributed by atoms with Gasteiger partial charge in [0.25, 0.3) is 0 Å². The maximum absolute atomic E-state index is 12.9. The molecule has 2 aliphatic rings. The number of amides is 2. The zero-order valence-corrected chi connectivity index (χ0v) is 21.9. The van der Waals surface area contributed by atoms with E-state index in [2.05, 4.69) is 0 Å². The second-order valence-corrected chi connectivity index (χ2v) is 9.82. The Morgan fingerprint density at radius 2 is 1.49 bits per heavy atom. The van der Waals surface area contributed by atoms with Crippen molar-refractivity contribution >= 4 is 29.0 Å². The average Bonchev–Trinajstić information content (AvgIpc) is 2.95. The number of ether oxygens (including phenoxy) is 3. The third-order valence-corrected chi connectivity index (χ3v) is 7.70. The zero-order chi connectivity index (χ0) is 26.4. The minimum Gasteiger partial charge on any atom is -0.755 e. The number of esters is 1. The van der Waals surface area contributed by atoms with Crippen molar-refractivity contribution in [2.45, 2.75) is 18.9 Å². The van der Waals surface area contributed by atoms with Gasteiger partial charge in [-0.25, -0.2) is 9.59 Å². The van der Waals surface area contributed by atoms with Crippen molar-refractivity contribution < 1.29 is 32.6 Å². The number of carbonyl (C=O) groups is 2. The van der Waals surface area contributed by atoms with Crippen LogP contribution in [0.15, 0.2) is 48.5 Å². The summed E-state index contributed by atoms with van der Waals surface area (Å²) in [5.74, 6) is -0.186. The van der Waals surface area contributed by atoms with Crippen LogP contribution in [0.5, 0.6) is 5.75 Å². The van der Waals surface area contributed by atoms with Crippen LogP contribution in [0.3, 0.4) is 0 Å². The molecule has 11 heteroatoms. The summed E-state index contributed by atoms with van der Waals surface area (Å²) in [6.45, 7) is 3.02. The van der Waals surface area contributed by atoms with Crippen molar-refractivity contribution in [2.24, 2.45) is 5.92 Å². The predicted octanol–water partition coefficient (Wildman–Crippen LogP) is 2.67. The van der Waals surface area contributed by atoms with Crippen LogP contribution >= 0.6 is 0 Å². The maximum Gasteiger partial charge on any atom is 0.329 e. The van der Waals surface area contributed by atoms with E-state index in [4.69, 9.17) is 14.2 Å². The third-order valence-electron chi connectivity index (χ3n) is 6.94.